The van der Waals surface area contributed by atoms with Crippen molar-refractivity contribution in [3.8, 4) is 0 Å². The number of nitrogens with two attached hydrogens (primary N) is 1. The molecule has 8 heteroatoms. The summed E-state index contributed by atoms with van der Waals surface area (Å²) in [6.07, 6.45) is -3.19. The number of hydrogen-bond donors (Lipinski definition) is 1. The number of benzene rings is 2. The van der Waals surface area contributed by atoms with Crippen molar-refractivity contribution in [2.24, 2.45) is 15.9 Å². The van der Waals surface area contributed by atoms with Gasteiger partial charge in [0.05, 0.1) is 16.8 Å². The highest BCUT2D eigenvalue weighted by Gasteiger charge is 2.32. The van der Waals surface area contributed by atoms with Gasteiger partial charge < -0.3 is 5.73 Å². The highest BCUT2D eigenvalue weighted by Crippen LogP contribution is 2.34. The minimum Gasteiger partial charge on any atom is -0.377 e. The van der Waals surface area contributed by atoms with Gasteiger partial charge in [0.1, 0.15) is 0 Å². The summed E-state index contributed by atoms with van der Waals surface area (Å²) in [5.41, 5.74) is 6.33. The van der Waals surface area contributed by atoms with E-state index >= 15 is 0 Å². The quantitative estimate of drug-likeness (QED) is 0.470. The molecule has 0 bridgehead atoms. The summed E-state index contributed by atoms with van der Waals surface area (Å²) >= 11 is 6.94. The SMILES string of the molecule is NC(=NN=Cc1ccc(C(F)(F)F)c(Cl)c1)SCc1ccccc1. The number of halogens is 4. The maximum Gasteiger partial charge on any atom is 0.417 e. The van der Waals surface area contributed by atoms with Crippen LogP contribution in [-0.2, 0) is 11.9 Å². The molecule has 126 valence electrons. The lowest BCUT2D eigenvalue weighted by molar-refractivity contribution is -0.137. The molecular weight excluding hydrogens is 359 g/mol. The fourth-order valence-corrected chi connectivity index (χ4v) is 2.66. The third kappa shape index (κ3) is 5.58. The summed E-state index contributed by atoms with van der Waals surface area (Å²) in [5.74, 6) is 0.651. The van der Waals surface area contributed by atoms with E-state index < -0.39 is 11.7 Å². The number of amidine groups is 1. The summed E-state index contributed by atoms with van der Waals surface area (Å²) < 4.78 is 37.8. The second kappa shape index (κ2) is 8.21. The molecule has 0 heterocycles. The molecule has 0 radical (unpaired) electrons. The molecule has 2 aromatic rings. The average Bonchev–Trinajstić information content (AvgIpc) is 2.53. The van der Waals surface area contributed by atoms with Crippen LogP contribution in [-0.4, -0.2) is 11.4 Å². The van der Waals surface area contributed by atoms with Gasteiger partial charge in [0, 0.05) is 5.75 Å². The third-order valence-electron chi connectivity index (χ3n) is 2.89. The molecule has 0 saturated carbocycles. The molecule has 0 aliphatic heterocycles. The Balaban J connectivity index is 1.96. The Morgan fingerprint density at radius 2 is 1.88 bits per heavy atom. The predicted molar refractivity (Wildman–Crippen MR) is 93.4 cm³/mol. The third-order valence-corrected chi connectivity index (χ3v) is 4.06. The van der Waals surface area contributed by atoms with Crippen LogP contribution >= 0.6 is 23.4 Å². The van der Waals surface area contributed by atoms with Crippen LogP contribution in [0.25, 0.3) is 0 Å². The van der Waals surface area contributed by atoms with Crippen molar-refractivity contribution < 1.29 is 13.2 Å². The first-order valence-electron chi connectivity index (χ1n) is 6.76. The molecule has 0 amide bonds. The van der Waals surface area contributed by atoms with E-state index in [1.165, 1.54) is 30.1 Å². The van der Waals surface area contributed by atoms with Crippen LogP contribution in [0.2, 0.25) is 5.02 Å². The summed E-state index contributed by atoms with van der Waals surface area (Å²) in [4.78, 5) is 0. The van der Waals surface area contributed by atoms with Gasteiger partial charge in [-0.2, -0.15) is 18.3 Å². The van der Waals surface area contributed by atoms with Crippen molar-refractivity contribution in [2.75, 3.05) is 0 Å². The fourth-order valence-electron chi connectivity index (χ4n) is 1.75. The number of thioether (sulfide) groups is 1. The molecule has 0 fully saturated rings. The van der Waals surface area contributed by atoms with Gasteiger partial charge in [0.25, 0.3) is 0 Å². The number of rotatable bonds is 4. The zero-order chi connectivity index (χ0) is 17.6. The Kier molecular flexibility index (Phi) is 6.28. The van der Waals surface area contributed by atoms with Crippen LogP contribution in [0.4, 0.5) is 13.2 Å². The molecule has 2 N–H and O–H groups in total. The predicted octanol–water partition coefficient (Wildman–Crippen LogP) is 4.94. The molecule has 24 heavy (non-hydrogen) atoms. The van der Waals surface area contributed by atoms with Crippen molar-refractivity contribution in [3.05, 3.63) is 70.2 Å². The van der Waals surface area contributed by atoms with Gasteiger partial charge in [0.2, 0.25) is 0 Å². The van der Waals surface area contributed by atoms with E-state index in [-0.39, 0.29) is 10.2 Å². The highest BCUT2D eigenvalue weighted by molar-refractivity contribution is 8.13. The van der Waals surface area contributed by atoms with E-state index in [1.807, 2.05) is 30.3 Å². The molecule has 2 aromatic carbocycles. The zero-order valence-corrected chi connectivity index (χ0v) is 13.9. The van der Waals surface area contributed by atoms with Crippen LogP contribution < -0.4 is 5.73 Å². The van der Waals surface area contributed by atoms with E-state index in [9.17, 15) is 13.2 Å². The lowest BCUT2D eigenvalue weighted by atomic mass is 10.1. The largest absolute Gasteiger partial charge is 0.417 e. The molecule has 3 nitrogen and oxygen atoms in total. The topological polar surface area (TPSA) is 50.7 Å². The maximum absolute atomic E-state index is 12.6. The van der Waals surface area contributed by atoms with E-state index in [2.05, 4.69) is 10.2 Å². The van der Waals surface area contributed by atoms with Crippen molar-refractivity contribution >= 4 is 34.7 Å². The Morgan fingerprint density at radius 3 is 2.50 bits per heavy atom. The molecule has 0 aromatic heterocycles. The Bertz CT molecular complexity index is 746. The first kappa shape index (κ1) is 18.4. The molecular formula is C16H13ClF3N3S. The number of hydrogen-bond acceptors (Lipinski definition) is 3. The summed E-state index contributed by atoms with van der Waals surface area (Å²) in [6, 6.07) is 13.1. The smallest absolute Gasteiger partial charge is 0.377 e. The van der Waals surface area contributed by atoms with Gasteiger partial charge >= 0.3 is 6.18 Å². The van der Waals surface area contributed by atoms with Crippen LogP contribution in [0.5, 0.6) is 0 Å². The minimum atomic E-state index is -4.48. The number of nitrogens with zero attached hydrogens (tertiary/aromatic N) is 2. The van der Waals surface area contributed by atoms with Crippen LogP contribution in [0, 0.1) is 0 Å². The first-order valence-corrected chi connectivity index (χ1v) is 8.12. The van der Waals surface area contributed by atoms with Crippen LogP contribution in [0.15, 0.2) is 58.7 Å². The summed E-state index contributed by atoms with van der Waals surface area (Å²) in [6.45, 7) is 0. The molecule has 0 aliphatic carbocycles. The minimum absolute atomic E-state index is 0.258. The Morgan fingerprint density at radius 1 is 1.17 bits per heavy atom. The fraction of sp³-hybridized carbons (Fsp3) is 0.125. The first-order chi connectivity index (χ1) is 11.4. The monoisotopic (exact) mass is 371 g/mol. The van der Waals surface area contributed by atoms with Gasteiger partial charge in [-0.15, -0.1) is 5.10 Å². The van der Waals surface area contributed by atoms with Crippen molar-refractivity contribution in [1.29, 1.82) is 0 Å². The lowest BCUT2D eigenvalue weighted by Gasteiger charge is -2.08. The standard InChI is InChI=1S/C16H13ClF3N3S/c17-14-8-12(6-7-13(14)16(18,19)20)9-22-23-15(21)24-10-11-4-2-1-3-5-11/h1-9H,10H2,(H2,21,23). The van der Waals surface area contributed by atoms with Crippen molar-refractivity contribution in [3.63, 3.8) is 0 Å². The van der Waals surface area contributed by atoms with E-state index in [0.717, 1.165) is 11.6 Å². The van der Waals surface area contributed by atoms with Gasteiger partial charge in [-0.25, -0.2) is 0 Å². The van der Waals surface area contributed by atoms with E-state index in [4.69, 9.17) is 17.3 Å². The number of alkyl halides is 3. The summed E-state index contributed by atoms with van der Waals surface area (Å²) in [7, 11) is 0. The maximum atomic E-state index is 12.6. The molecule has 0 spiro atoms. The highest BCUT2D eigenvalue weighted by atomic mass is 35.5. The van der Waals surface area contributed by atoms with Crippen molar-refractivity contribution in [1.82, 2.24) is 0 Å². The van der Waals surface area contributed by atoms with Crippen LogP contribution in [0.3, 0.4) is 0 Å². The van der Waals surface area contributed by atoms with Gasteiger partial charge in [-0.05, 0) is 23.3 Å². The van der Waals surface area contributed by atoms with Crippen molar-refractivity contribution in [2.45, 2.75) is 11.9 Å². The van der Waals surface area contributed by atoms with Crippen LogP contribution in [0.1, 0.15) is 16.7 Å². The van der Waals surface area contributed by atoms with Gasteiger partial charge in [0.15, 0.2) is 5.17 Å². The molecule has 2 rings (SSSR count). The lowest BCUT2D eigenvalue weighted by Crippen LogP contribution is -2.06. The van der Waals surface area contributed by atoms with E-state index in [0.29, 0.717) is 11.3 Å². The molecule has 0 unspecified atom stereocenters. The Hall–Kier alpha value is -1.99. The molecule has 0 saturated heterocycles. The average molecular weight is 372 g/mol. The van der Waals surface area contributed by atoms with E-state index in [1.54, 1.807) is 0 Å². The second-order valence-corrected chi connectivity index (χ2v) is 6.10. The Labute approximate surface area is 146 Å². The van der Waals surface area contributed by atoms with Gasteiger partial charge in [-0.1, -0.05) is 59.8 Å². The molecule has 0 aliphatic rings. The van der Waals surface area contributed by atoms with Gasteiger partial charge in [-0.3, -0.25) is 0 Å². The summed E-state index contributed by atoms with van der Waals surface area (Å²) in [5, 5.41) is 7.43. The second-order valence-electron chi connectivity index (χ2n) is 4.69. The zero-order valence-electron chi connectivity index (χ0n) is 12.3. The normalized spacial score (nSPS) is 12.8. The molecule has 0 atom stereocenters.